The van der Waals surface area contributed by atoms with Crippen molar-refractivity contribution in [2.75, 3.05) is 32.8 Å². The van der Waals surface area contributed by atoms with Crippen molar-refractivity contribution < 1.29 is 24.2 Å². The van der Waals surface area contributed by atoms with Crippen LogP contribution in [0, 0.1) is 0 Å². The Morgan fingerprint density at radius 1 is 0.469 bits per heavy atom. The van der Waals surface area contributed by atoms with E-state index in [1.54, 1.807) is 0 Å². The van der Waals surface area contributed by atoms with Crippen molar-refractivity contribution in [1.29, 1.82) is 0 Å². The van der Waals surface area contributed by atoms with Gasteiger partial charge in [0.2, 0.25) is 0 Å². The molecule has 0 rings (SSSR count). The van der Waals surface area contributed by atoms with Crippen molar-refractivity contribution >= 4 is 11.9 Å². The molecular formula is C43H84NO5-. The zero-order valence-electron chi connectivity index (χ0n) is 33.2. The van der Waals surface area contributed by atoms with Gasteiger partial charge in [0.05, 0.1) is 6.61 Å². The number of rotatable bonds is 40. The second-order valence-electron chi connectivity index (χ2n) is 14.8. The first kappa shape index (κ1) is 47.9. The van der Waals surface area contributed by atoms with Crippen LogP contribution in [-0.4, -0.2) is 55.8 Å². The number of carbonyl (C=O) groups excluding carboxylic acids is 2. The van der Waals surface area contributed by atoms with Crippen LogP contribution in [0.1, 0.15) is 226 Å². The molecule has 0 unspecified atom stereocenters. The van der Waals surface area contributed by atoms with Gasteiger partial charge in [0.25, 0.3) is 0 Å². The monoisotopic (exact) mass is 695 g/mol. The molecule has 0 bridgehead atoms. The van der Waals surface area contributed by atoms with Crippen LogP contribution >= 0.6 is 0 Å². The Kier molecular flexibility index (Phi) is 38.7. The zero-order chi connectivity index (χ0) is 35.9. The summed E-state index contributed by atoms with van der Waals surface area (Å²) in [6.07, 6.45) is 36.8. The number of nitrogens with zero attached hydrogens (tertiary/aromatic N) is 1. The molecule has 0 aliphatic carbocycles. The SMILES string of the molecule is CCCCCCCCCCCOC(=O)CCCCCN(CC[O-])CCCCCCC(=O)OC(CCCCCCCC)CCCCCCCC. The predicted octanol–water partition coefficient (Wildman–Crippen LogP) is 11.6. The van der Waals surface area contributed by atoms with Crippen molar-refractivity contribution in [2.45, 2.75) is 232 Å². The highest BCUT2D eigenvalue weighted by Crippen LogP contribution is 2.18. The first-order valence-corrected chi connectivity index (χ1v) is 21.7. The molecule has 292 valence electrons. The lowest BCUT2D eigenvalue weighted by molar-refractivity contribution is -0.368. The fourth-order valence-corrected chi connectivity index (χ4v) is 6.69. The number of hydrogen-bond donors (Lipinski definition) is 0. The summed E-state index contributed by atoms with van der Waals surface area (Å²) in [4.78, 5) is 27.0. The first-order chi connectivity index (χ1) is 24.1. The number of ether oxygens (including phenoxy) is 2. The van der Waals surface area contributed by atoms with E-state index in [1.807, 2.05) is 0 Å². The summed E-state index contributed by atoms with van der Waals surface area (Å²) in [5.74, 6) is -0.0756. The highest BCUT2D eigenvalue weighted by Gasteiger charge is 2.14. The molecule has 49 heavy (non-hydrogen) atoms. The minimum absolute atomic E-state index is 0.0117. The van der Waals surface area contributed by atoms with Crippen LogP contribution in [0.3, 0.4) is 0 Å². The smallest absolute Gasteiger partial charge is 0.306 e. The normalized spacial score (nSPS) is 11.6. The second kappa shape index (κ2) is 39.6. The molecule has 0 atom stereocenters. The molecule has 0 radical (unpaired) electrons. The molecule has 6 heteroatoms. The van der Waals surface area contributed by atoms with Gasteiger partial charge in [-0.25, -0.2) is 0 Å². The molecule has 0 fully saturated rings. The third kappa shape index (κ3) is 36.5. The second-order valence-corrected chi connectivity index (χ2v) is 14.8. The molecule has 0 aliphatic rings. The maximum atomic E-state index is 12.7. The summed E-state index contributed by atoms with van der Waals surface area (Å²) in [6.45, 7) is 9.69. The quantitative estimate of drug-likeness (QED) is 0.0469. The van der Waals surface area contributed by atoms with Crippen LogP contribution < -0.4 is 5.11 Å². The van der Waals surface area contributed by atoms with E-state index in [4.69, 9.17) is 9.47 Å². The van der Waals surface area contributed by atoms with Crippen LogP contribution in [0.2, 0.25) is 0 Å². The van der Waals surface area contributed by atoms with Gasteiger partial charge in [0.15, 0.2) is 0 Å². The minimum atomic E-state index is -0.0737. The van der Waals surface area contributed by atoms with Gasteiger partial charge >= 0.3 is 11.9 Å². The Morgan fingerprint density at radius 2 is 0.857 bits per heavy atom. The Labute approximate surface area is 305 Å². The fraction of sp³-hybridized carbons (Fsp3) is 0.953. The van der Waals surface area contributed by atoms with Crippen LogP contribution in [-0.2, 0) is 19.1 Å². The number of hydrogen-bond acceptors (Lipinski definition) is 6. The average Bonchev–Trinajstić information content (AvgIpc) is 3.09. The first-order valence-electron chi connectivity index (χ1n) is 21.7. The summed E-state index contributed by atoms with van der Waals surface area (Å²) >= 11 is 0. The topological polar surface area (TPSA) is 78.9 Å². The molecule has 0 saturated carbocycles. The molecule has 0 heterocycles. The van der Waals surface area contributed by atoms with Gasteiger partial charge in [0.1, 0.15) is 6.10 Å². The van der Waals surface area contributed by atoms with E-state index in [2.05, 4.69) is 25.7 Å². The molecule has 6 nitrogen and oxygen atoms in total. The third-order valence-corrected chi connectivity index (χ3v) is 9.94. The summed E-state index contributed by atoms with van der Waals surface area (Å²) in [5, 5.41) is 11.3. The van der Waals surface area contributed by atoms with Crippen LogP contribution in [0.15, 0.2) is 0 Å². The van der Waals surface area contributed by atoms with Gasteiger partial charge in [-0.1, -0.05) is 156 Å². The molecule has 0 aromatic heterocycles. The molecule has 0 aliphatic heterocycles. The summed E-state index contributed by atoms with van der Waals surface area (Å²) in [6, 6.07) is 0. The predicted molar refractivity (Wildman–Crippen MR) is 207 cm³/mol. The van der Waals surface area contributed by atoms with Gasteiger partial charge in [-0.3, -0.25) is 9.59 Å². The molecule has 0 amide bonds. The highest BCUT2D eigenvalue weighted by atomic mass is 16.5. The molecule has 0 aromatic carbocycles. The van der Waals surface area contributed by atoms with Crippen molar-refractivity contribution in [1.82, 2.24) is 4.90 Å². The Hall–Kier alpha value is -1.14. The van der Waals surface area contributed by atoms with Gasteiger partial charge in [-0.15, -0.1) is 6.61 Å². The van der Waals surface area contributed by atoms with E-state index in [0.29, 0.717) is 26.0 Å². The lowest BCUT2D eigenvalue weighted by Gasteiger charge is -2.23. The maximum Gasteiger partial charge on any atom is 0.306 e. The van der Waals surface area contributed by atoms with Crippen molar-refractivity contribution in [3.8, 4) is 0 Å². The van der Waals surface area contributed by atoms with E-state index in [-0.39, 0.29) is 24.6 Å². The Bertz CT molecular complexity index is 671. The number of carbonyl (C=O) groups is 2. The summed E-state index contributed by atoms with van der Waals surface area (Å²) in [7, 11) is 0. The van der Waals surface area contributed by atoms with E-state index in [0.717, 1.165) is 83.7 Å². The van der Waals surface area contributed by atoms with E-state index in [9.17, 15) is 14.7 Å². The van der Waals surface area contributed by atoms with Crippen molar-refractivity contribution in [3.63, 3.8) is 0 Å². The number of esters is 2. The maximum absolute atomic E-state index is 12.7. The van der Waals surface area contributed by atoms with Gasteiger partial charge in [-0.05, 0) is 77.4 Å². The van der Waals surface area contributed by atoms with Gasteiger partial charge < -0.3 is 19.5 Å². The standard InChI is InChI=1S/C43H84NO5/c1-4-7-10-13-16-17-18-23-31-40-48-42(46)34-28-24-30-37-44(38-39-45)36-29-22-21-27-35-43(47)49-41(32-25-19-14-11-8-5-2)33-26-20-15-12-9-6-3/h41H,4-40H2,1-3H3/q-1. The Morgan fingerprint density at radius 3 is 1.35 bits per heavy atom. The van der Waals surface area contributed by atoms with Gasteiger partial charge in [0, 0.05) is 12.8 Å². The Balaban J connectivity index is 3.99. The number of unbranched alkanes of at least 4 members (excludes halogenated alkanes) is 23. The van der Waals surface area contributed by atoms with Crippen molar-refractivity contribution in [3.05, 3.63) is 0 Å². The van der Waals surface area contributed by atoms with Crippen LogP contribution in [0.4, 0.5) is 0 Å². The minimum Gasteiger partial charge on any atom is -0.854 e. The largest absolute Gasteiger partial charge is 0.854 e. The van der Waals surface area contributed by atoms with E-state index in [1.165, 1.54) is 122 Å². The molecule has 0 N–H and O–H groups in total. The van der Waals surface area contributed by atoms with Crippen LogP contribution in [0.5, 0.6) is 0 Å². The van der Waals surface area contributed by atoms with Gasteiger partial charge in [-0.2, -0.15) is 0 Å². The lowest BCUT2D eigenvalue weighted by atomic mass is 10.0. The average molecular weight is 695 g/mol. The van der Waals surface area contributed by atoms with Crippen LogP contribution in [0.25, 0.3) is 0 Å². The highest BCUT2D eigenvalue weighted by molar-refractivity contribution is 5.69. The van der Waals surface area contributed by atoms with E-state index >= 15 is 0 Å². The molecular weight excluding hydrogens is 610 g/mol. The fourth-order valence-electron chi connectivity index (χ4n) is 6.69. The molecule has 0 saturated heterocycles. The summed E-state index contributed by atoms with van der Waals surface area (Å²) in [5.41, 5.74) is 0. The molecule has 0 spiro atoms. The summed E-state index contributed by atoms with van der Waals surface area (Å²) < 4.78 is 11.4. The lowest BCUT2D eigenvalue weighted by Crippen LogP contribution is -2.32. The third-order valence-electron chi connectivity index (χ3n) is 9.94. The van der Waals surface area contributed by atoms with E-state index < -0.39 is 0 Å². The van der Waals surface area contributed by atoms with Crippen molar-refractivity contribution in [2.24, 2.45) is 0 Å². The zero-order valence-corrected chi connectivity index (χ0v) is 33.2. The molecule has 0 aromatic rings.